The normalized spacial score (nSPS) is 11.8. The number of hydrogen-bond acceptors (Lipinski definition) is 4. The minimum atomic E-state index is -0.155. The number of benzene rings is 1. The third-order valence-corrected chi connectivity index (χ3v) is 2.39. The smallest absolute Gasteiger partial charge is 0.119 e. The minimum absolute atomic E-state index is 0.155. The van der Waals surface area contributed by atoms with Gasteiger partial charge in [-0.3, -0.25) is 0 Å². The summed E-state index contributed by atoms with van der Waals surface area (Å²) in [6.07, 6.45) is 0.668. The molecule has 0 aromatic heterocycles. The Morgan fingerprint density at radius 2 is 2.29 bits per heavy atom. The van der Waals surface area contributed by atoms with Crippen LogP contribution in [0, 0.1) is 11.3 Å². The van der Waals surface area contributed by atoms with Crippen LogP contribution in [0.4, 0.5) is 0 Å². The van der Waals surface area contributed by atoms with E-state index in [0.717, 1.165) is 11.3 Å². The number of rotatable bonds is 7. The highest BCUT2D eigenvalue weighted by molar-refractivity contribution is 5.28. The Labute approximate surface area is 102 Å². The molecule has 0 heterocycles. The summed E-state index contributed by atoms with van der Waals surface area (Å²) in [6, 6.07) is 9.78. The fraction of sp³-hybridized carbons (Fsp3) is 0.462. The molecule has 4 heteroatoms. The van der Waals surface area contributed by atoms with Crippen LogP contribution in [0.25, 0.3) is 0 Å². The van der Waals surface area contributed by atoms with Gasteiger partial charge >= 0.3 is 0 Å². The molecule has 0 bridgehead atoms. The van der Waals surface area contributed by atoms with E-state index in [2.05, 4.69) is 11.4 Å². The molecule has 17 heavy (non-hydrogen) atoms. The highest BCUT2D eigenvalue weighted by Crippen LogP contribution is 2.14. The first-order valence-corrected chi connectivity index (χ1v) is 5.57. The molecule has 1 aromatic carbocycles. The van der Waals surface area contributed by atoms with Crippen LogP contribution in [0.2, 0.25) is 0 Å². The predicted octanol–water partition coefficient (Wildman–Crippen LogP) is 1.71. The lowest BCUT2D eigenvalue weighted by Crippen LogP contribution is -2.25. The van der Waals surface area contributed by atoms with Gasteiger partial charge in [0.2, 0.25) is 0 Å². The van der Waals surface area contributed by atoms with Crippen LogP contribution in [-0.4, -0.2) is 26.8 Å². The lowest BCUT2D eigenvalue weighted by atomic mass is 10.2. The van der Waals surface area contributed by atoms with Crippen LogP contribution in [-0.2, 0) is 11.3 Å². The van der Waals surface area contributed by atoms with Crippen molar-refractivity contribution in [2.75, 3.05) is 20.8 Å². The van der Waals surface area contributed by atoms with E-state index < -0.39 is 0 Å². The first-order valence-electron chi connectivity index (χ1n) is 5.57. The molecule has 0 aliphatic carbocycles. The maximum Gasteiger partial charge on any atom is 0.119 e. The Balaban J connectivity index is 2.41. The molecule has 1 rings (SSSR count). The molecule has 92 valence electrons. The van der Waals surface area contributed by atoms with Crippen molar-refractivity contribution in [2.24, 2.45) is 0 Å². The number of hydrogen-bond donors (Lipinski definition) is 1. The van der Waals surface area contributed by atoms with Crippen molar-refractivity contribution in [2.45, 2.75) is 19.1 Å². The van der Waals surface area contributed by atoms with Crippen molar-refractivity contribution in [3.8, 4) is 11.8 Å². The summed E-state index contributed by atoms with van der Waals surface area (Å²) in [7, 11) is 3.44. The van der Waals surface area contributed by atoms with Crippen LogP contribution in [0.3, 0.4) is 0 Å². The van der Waals surface area contributed by atoms with E-state index in [4.69, 9.17) is 14.7 Å². The van der Waals surface area contributed by atoms with Gasteiger partial charge in [-0.15, -0.1) is 0 Å². The Morgan fingerprint density at radius 3 is 2.94 bits per heavy atom. The highest BCUT2D eigenvalue weighted by atomic mass is 16.5. The van der Waals surface area contributed by atoms with Crippen LogP contribution in [0.5, 0.6) is 5.75 Å². The average Bonchev–Trinajstić information content (AvgIpc) is 2.36. The molecule has 0 aliphatic rings. The molecular weight excluding hydrogens is 216 g/mol. The largest absolute Gasteiger partial charge is 0.493 e. The second kappa shape index (κ2) is 7.66. The summed E-state index contributed by atoms with van der Waals surface area (Å²) in [4.78, 5) is 0. The Hall–Kier alpha value is -1.57. The van der Waals surface area contributed by atoms with Crippen molar-refractivity contribution >= 4 is 0 Å². The zero-order chi connectivity index (χ0) is 12.5. The summed E-state index contributed by atoms with van der Waals surface area (Å²) < 4.78 is 10.6. The van der Waals surface area contributed by atoms with Gasteiger partial charge in [-0.25, -0.2) is 0 Å². The standard InChI is InChI=1S/C13H18N2O2/c1-15-12(9-14)6-7-17-13-5-3-4-11(8-13)10-16-2/h3-5,8,12,15H,6-7,10H2,1-2H3. The van der Waals surface area contributed by atoms with Gasteiger partial charge in [-0.1, -0.05) is 12.1 Å². The molecule has 0 aliphatic heterocycles. The van der Waals surface area contributed by atoms with Crippen molar-refractivity contribution in [3.05, 3.63) is 29.8 Å². The Morgan fingerprint density at radius 1 is 1.47 bits per heavy atom. The number of methoxy groups -OCH3 is 1. The molecule has 0 radical (unpaired) electrons. The second-order valence-corrected chi connectivity index (χ2v) is 3.69. The van der Waals surface area contributed by atoms with Crippen LogP contribution in [0.1, 0.15) is 12.0 Å². The predicted molar refractivity (Wildman–Crippen MR) is 65.7 cm³/mol. The number of nitrogens with zero attached hydrogens (tertiary/aromatic N) is 1. The van der Waals surface area contributed by atoms with E-state index in [1.807, 2.05) is 24.3 Å². The SMILES string of the molecule is CNC(C#N)CCOc1cccc(COC)c1. The lowest BCUT2D eigenvalue weighted by Gasteiger charge is -2.10. The monoisotopic (exact) mass is 234 g/mol. The molecule has 0 fully saturated rings. The van der Waals surface area contributed by atoms with Crippen LogP contribution >= 0.6 is 0 Å². The summed E-state index contributed by atoms with van der Waals surface area (Å²) in [6.45, 7) is 1.10. The van der Waals surface area contributed by atoms with Gasteiger partial charge < -0.3 is 14.8 Å². The van der Waals surface area contributed by atoms with Gasteiger partial charge in [0.25, 0.3) is 0 Å². The number of nitriles is 1. The van der Waals surface area contributed by atoms with E-state index in [-0.39, 0.29) is 6.04 Å². The van der Waals surface area contributed by atoms with E-state index in [9.17, 15) is 0 Å². The molecule has 0 amide bonds. The molecule has 0 saturated carbocycles. The fourth-order valence-corrected chi connectivity index (χ4v) is 1.46. The minimum Gasteiger partial charge on any atom is -0.493 e. The molecule has 1 atom stereocenters. The molecule has 4 nitrogen and oxygen atoms in total. The van der Waals surface area contributed by atoms with Gasteiger partial charge in [0.05, 0.1) is 25.3 Å². The van der Waals surface area contributed by atoms with Gasteiger partial charge in [-0.2, -0.15) is 5.26 Å². The first kappa shape index (κ1) is 13.5. The van der Waals surface area contributed by atoms with Gasteiger partial charge in [0.15, 0.2) is 0 Å². The third kappa shape index (κ3) is 4.85. The van der Waals surface area contributed by atoms with Gasteiger partial charge in [-0.05, 0) is 24.7 Å². The van der Waals surface area contributed by atoms with Crippen LogP contribution in [0.15, 0.2) is 24.3 Å². The highest BCUT2D eigenvalue weighted by Gasteiger charge is 2.03. The summed E-state index contributed by atoms with van der Waals surface area (Å²) in [5.74, 6) is 0.812. The lowest BCUT2D eigenvalue weighted by molar-refractivity contribution is 0.184. The number of ether oxygens (including phenoxy) is 2. The number of nitrogens with one attached hydrogen (secondary N) is 1. The van der Waals surface area contributed by atoms with Gasteiger partial charge in [0.1, 0.15) is 5.75 Å². The van der Waals surface area contributed by atoms with Crippen molar-refractivity contribution in [1.29, 1.82) is 5.26 Å². The zero-order valence-electron chi connectivity index (χ0n) is 10.3. The third-order valence-electron chi connectivity index (χ3n) is 2.39. The molecule has 1 N–H and O–H groups in total. The van der Waals surface area contributed by atoms with E-state index >= 15 is 0 Å². The van der Waals surface area contributed by atoms with Crippen molar-refractivity contribution in [1.82, 2.24) is 5.32 Å². The van der Waals surface area contributed by atoms with E-state index in [1.165, 1.54) is 0 Å². The van der Waals surface area contributed by atoms with Crippen molar-refractivity contribution in [3.63, 3.8) is 0 Å². The first-order chi connectivity index (χ1) is 8.30. The molecule has 0 spiro atoms. The molecule has 0 saturated heterocycles. The second-order valence-electron chi connectivity index (χ2n) is 3.69. The van der Waals surface area contributed by atoms with Crippen molar-refractivity contribution < 1.29 is 9.47 Å². The quantitative estimate of drug-likeness (QED) is 0.780. The Kier molecular flexibility index (Phi) is 6.08. The van der Waals surface area contributed by atoms with E-state index in [0.29, 0.717) is 19.6 Å². The molecular formula is C13H18N2O2. The average molecular weight is 234 g/mol. The fourth-order valence-electron chi connectivity index (χ4n) is 1.46. The van der Waals surface area contributed by atoms with Gasteiger partial charge in [0, 0.05) is 13.5 Å². The topological polar surface area (TPSA) is 54.3 Å². The molecule has 1 aromatic rings. The summed E-state index contributed by atoms with van der Waals surface area (Å²) in [5.41, 5.74) is 1.08. The zero-order valence-corrected chi connectivity index (χ0v) is 10.3. The van der Waals surface area contributed by atoms with Crippen LogP contribution < -0.4 is 10.1 Å². The maximum absolute atomic E-state index is 8.75. The summed E-state index contributed by atoms with van der Waals surface area (Å²) >= 11 is 0. The summed E-state index contributed by atoms with van der Waals surface area (Å²) in [5, 5.41) is 11.7. The maximum atomic E-state index is 8.75. The molecule has 1 unspecified atom stereocenters. The Bertz CT molecular complexity index is 374. The van der Waals surface area contributed by atoms with E-state index in [1.54, 1.807) is 14.2 Å².